The molecule has 0 saturated carbocycles. The largest absolute Gasteiger partial charge is 0.390 e. The van der Waals surface area contributed by atoms with E-state index < -0.39 is 30.3 Å². The smallest absolute Gasteiger partial charge is 0.247 e. The molecular formula is C24H47N6O5+. The summed E-state index contributed by atoms with van der Waals surface area (Å²) in [7, 11) is 2.13. The van der Waals surface area contributed by atoms with Gasteiger partial charge in [0.25, 0.3) is 0 Å². The topological polar surface area (TPSA) is 183 Å². The minimum Gasteiger partial charge on any atom is -0.390 e. The van der Waals surface area contributed by atoms with E-state index in [4.69, 9.17) is 11.5 Å². The van der Waals surface area contributed by atoms with Crippen molar-refractivity contribution in [1.82, 2.24) is 10.6 Å². The van der Waals surface area contributed by atoms with Crippen LogP contribution in [0.1, 0.15) is 65.2 Å². The maximum Gasteiger partial charge on any atom is 0.247 e. The second-order valence-corrected chi connectivity index (χ2v) is 9.75. The highest BCUT2D eigenvalue weighted by atomic mass is 16.4. The number of nitrogens with one attached hydrogen (secondary N) is 2. The highest BCUT2D eigenvalue weighted by Gasteiger charge is 2.33. The molecule has 9 N–H and O–H groups in total. The van der Waals surface area contributed by atoms with E-state index in [9.17, 15) is 24.9 Å². The van der Waals surface area contributed by atoms with Gasteiger partial charge in [-0.2, -0.15) is 0 Å². The summed E-state index contributed by atoms with van der Waals surface area (Å²) in [6.07, 6.45) is 3.08. The number of carbonyl (C=O) groups excluding carboxylic acids is 2. The molecule has 0 aromatic carbocycles. The number of unbranched alkanes of at least 4 members (excludes halogenated alkanes) is 3. The predicted octanol–water partition coefficient (Wildman–Crippen LogP) is -0.552. The van der Waals surface area contributed by atoms with Crippen molar-refractivity contribution in [1.29, 1.82) is 0 Å². The zero-order valence-corrected chi connectivity index (χ0v) is 21.6. The molecule has 1 rings (SSSR count). The van der Waals surface area contributed by atoms with Gasteiger partial charge < -0.3 is 41.9 Å². The maximum atomic E-state index is 13.1. The third kappa shape index (κ3) is 11.4. The molecule has 1 aliphatic rings. The highest BCUT2D eigenvalue weighted by molar-refractivity contribution is 5.97. The monoisotopic (exact) mass is 499 g/mol. The summed E-state index contributed by atoms with van der Waals surface area (Å²) in [5.74, 6) is -0.823. The van der Waals surface area contributed by atoms with Gasteiger partial charge in [-0.15, -0.1) is 0 Å². The van der Waals surface area contributed by atoms with Gasteiger partial charge in [0.1, 0.15) is 18.2 Å². The molecule has 11 heteroatoms. The molecule has 0 aromatic rings. The number of rotatable bonds is 16. The number of quaternary nitrogens is 1. The Morgan fingerprint density at radius 1 is 1.11 bits per heavy atom. The summed E-state index contributed by atoms with van der Waals surface area (Å²) in [6, 6.07) is -0.797. The average molecular weight is 500 g/mol. The van der Waals surface area contributed by atoms with Gasteiger partial charge in [-0.25, -0.2) is 0 Å². The Kier molecular flexibility index (Phi) is 13.8. The van der Waals surface area contributed by atoms with Gasteiger partial charge in [0.05, 0.1) is 26.2 Å². The van der Waals surface area contributed by atoms with Crippen LogP contribution in [0.15, 0.2) is 16.6 Å². The van der Waals surface area contributed by atoms with Crippen LogP contribution in [-0.2, 0) is 9.59 Å². The van der Waals surface area contributed by atoms with E-state index in [1.54, 1.807) is 0 Å². The molecule has 0 saturated heterocycles. The number of nitrogens with zero attached hydrogens (tertiary/aromatic N) is 2. The van der Waals surface area contributed by atoms with E-state index in [0.717, 1.165) is 43.3 Å². The molecule has 0 fully saturated rings. The Morgan fingerprint density at radius 2 is 1.74 bits per heavy atom. The van der Waals surface area contributed by atoms with Gasteiger partial charge >= 0.3 is 0 Å². The molecule has 1 aliphatic carbocycles. The van der Waals surface area contributed by atoms with Gasteiger partial charge in [-0.3, -0.25) is 14.6 Å². The zero-order valence-electron chi connectivity index (χ0n) is 21.6. The van der Waals surface area contributed by atoms with Gasteiger partial charge in [-0.05, 0) is 38.2 Å². The molecule has 0 unspecified atom stereocenters. The normalized spacial score (nSPS) is 21.1. The van der Waals surface area contributed by atoms with Crippen LogP contribution in [0, 0.1) is 0 Å². The van der Waals surface area contributed by atoms with Crippen molar-refractivity contribution in [2.75, 3.05) is 33.4 Å². The van der Waals surface area contributed by atoms with Crippen molar-refractivity contribution in [3.8, 4) is 0 Å². The van der Waals surface area contributed by atoms with Crippen molar-refractivity contribution >= 4 is 17.8 Å². The molecule has 0 bridgehead atoms. The molecule has 0 aliphatic heterocycles. The summed E-state index contributed by atoms with van der Waals surface area (Å²) in [6.45, 7) is 7.09. The third-order valence-electron chi connectivity index (χ3n) is 6.39. The number of nitrogens with two attached hydrogens (primary N) is 2. The van der Waals surface area contributed by atoms with Crippen LogP contribution in [0.3, 0.4) is 0 Å². The molecule has 2 amide bonds. The number of amides is 2. The summed E-state index contributed by atoms with van der Waals surface area (Å²) in [5, 5.41) is 35.3. The fourth-order valence-corrected chi connectivity index (χ4v) is 4.04. The van der Waals surface area contributed by atoms with Crippen LogP contribution in [0.25, 0.3) is 0 Å². The first-order valence-electron chi connectivity index (χ1n) is 12.7. The third-order valence-corrected chi connectivity index (χ3v) is 6.39. The Morgan fingerprint density at radius 3 is 2.29 bits per heavy atom. The number of hydrogen-bond acceptors (Lipinski definition) is 6. The van der Waals surface area contributed by atoms with Gasteiger partial charge in [-0.1, -0.05) is 26.7 Å². The van der Waals surface area contributed by atoms with Gasteiger partial charge in [0, 0.05) is 18.5 Å². The van der Waals surface area contributed by atoms with Crippen LogP contribution < -0.4 is 22.1 Å². The highest BCUT2D eigenvalue weighted by Crippen LogP contribution is 2.20. The molecule has 0 spiro atoms. The van der Waals surface area contributed by atoms with Crippen molar-refractivity contribution in [2.24, 2.45) is 16.5 Å². The van der Waals surface area contributed by atoms with Gasteiger partial charge in [0.15, 0.2) is 12.6 Å². The minimum absolute atomic E-state index is 0.00680. The first-order valence-corrected chi connectivity index (χ1v) is 12.7. The summed E-state index contributed by atoms with van der Waals surface area (Å²) >= 11 is 0. The second-order valence-electron chi connectivity index (χ2n) is 9.75. The Bertz CT molecular complexity index is 717. The molecular weight excluding hydrogens is 452 g/mol. The van der Waals surface area contributed by atoms with Crippen LogP contribution in [0.4, 0.5) is 0 Å². The van der Waals surface area contributed by atoms with Crippen molar-refractivity contribution in [2.45, 2.75) is 89.6 Å². The maximum absolute atomic E-state index is 13.1. The fraction of sp³-hybridized carbons (Fsp3) is 0.792. The second kappa shape index (κ2) is 15.7. The van der Waals surface area contributed by atoms with Crippen molar-refractivity contribution in [3.05, 3.63) is 11.6 Å². The SMILES string of the molecule is CCCC[N+](C)(CCCC)CNC(=O)[C@H](CCCCN=C(N)N)NC(=O)C1=C[C@@H](O)[C@H](O)[C@H](O)C1. The first-order chi connectivity index (χ1) is 16.5. The van der Waals surface area contributed by atoms with Crippen LogP contribution in [-0.4, -0.2) is 95.3 Å². The van der Waals surface area contributed by atoms with E-state index in [2.05, 4.69) is 36.5 Å². The lowest BCUT2D eigenvalue weighted by molar-refractivity contribution is -0.911. The van der Waals surface area contributed by atoms with Crippen molar-refractivity contribution in [3.63, 3.8) is 0 Å². The van der Waals surface area contributed by atoms with E-state index in [-0.39, 0.29) is 23.9 Å². The Labute approximate surface area is 209 Å². The molecule has 0 aromatic heterocycles. The lowest BCUT2D eigenvalue weighted by atomic mass is 9.91. The number of aliphatic hydroxyl groups excluding tert-OH is 3. The molecule has 0 heterocycles. The number of aliphatic imine (C=N–C) groups is 1. The molecule has 35 heavy (non-hydrogen) atoms. The molecule has 4 atom stereocenters. The number of hydrogen-bond donors (Lipinski definition) is 7. The van der Waals surface area contributed by atoms with Gasteiger partial charge in [0.2, 0.25) is 11.8 Å². The Balaban J connectivity index is 2.87. The predicted molar refractivity (Wildman–Crippen MR) is 136 cm³/mol. The Hall–Kier alpha value is -2.21. The minimum atomic E-state index is -1.35. The number of guanidine groups is 1. The van der Waals surface area contributed by atoms with Crippen LogP contribution in [0.5, 0.6) is 0 Å². The standard InChI is InChI=1S/C24H46N6O5/c1-4-6-12-30(3,13-7-5-2)16-28-23(35)18(10-8-9-11-27-24(25)26)29-22(34)17-14-19(31)21(33)20(32)15-17/h14,18-21,31-33H,4-13,15-16H2,1-3H3,(H5-,25,26,27,28,29,34,35)/p+1/t18-,19+,20+,21-/m0/s1. The lowest BCUT2D eigenvalue weighted by Crippen LogP contribution is -2.56. The quantitative estimate of drug-likeness (QED) is 0.0488. The number of carbonyl (C=O) groups is 2. The lowest BCUT2D eigenvalue weighted by Gasteiger charge is -2.35. The van der Waals surface area contributed by atoms with E-state index in [1.807, 2.05) is 0 Å². The summed E-state index contributed by atoms with van der Waals surface area (Å²) in [4.78, 5) is 29.9. The fourth-order valence-electron chi connectivity index (χ4n) is 4.04. The molecule has 202 valence electrons. The number of aliphatic hydroxyl groups is 3. The van der Waals surface area contributed by atoms with E-state index >= 15 is 0 Å². The van der Waals surface area contributed by atoms with E-state index in [1.165, 1.54) is 6.08 Å². The van der Waals surface area contributed by atoms with E-state index in [0.29, 0.717) is 32.5 Å². The molecule has 11 nitrogen and oxygen atoms in total. The summed E-state index contributed by atoms with van der Waals surface area (Å²) in [5.41, 5.74) is 10.8. The van der Waals surface area contributed by atoms with Crippen LogP contribution >= 0.6 is 0 Å². The molecule has 0 radical (unpaired) electrons. The van der Waals surface area contributed by atoms with Crippen LogP contribution in [0.2, 0.25) is 0 Å². The van der Waals surface area contributed by atoms with Crippen molar-refractivity contribution < 1.29 is 29.4 Å². The average Bonchev–Trinajstić information content (AvgIpc) is 2.81. The first kappa shape index (κ1) is 30.8. The zero-order chi connectivity index (χ0) is 26.4. The summed E-state index contributed by atoms with van der Waals surface area (Å²) < 4.78 is 0.722.